The lowest BCUT2D eigenvalue weighted by Crippen LogP contribution is -2.54. The van der Waals surface area contributed by atoms with Gasteiger partial charge < -0.3 is 4.74 Å². The largest absolute Gasteiger partial charge is 0.457 e. The highest BCUT2D eigenvalue weighted by molar-refractivity contribution is 6.44. The molecule has 170 valence electrons. The first kappa shape index (κ1) is 23.7. The summed E-state index contributed by atoms with van der Waals surface area (Å²) < 4.78 is 5.32. The fourth-order valence-corrected chi connectivity index (χ4v) is 3.43. The van der Waals surface area contributed by atoms with Crippen molar-refractivity contribution in [3.8, 4) is 6.07 Å². The van der Waals surface area contributed by atoms with Crippen LogP contribution in [0, 0.1) is 23.2 Å². The van der Waals surface area contributed by atoms with E-state index >= 15 is 0 Å². The predicted molar refractivity (Wildman–Crippen MR) is 123 cm³/mol. The van der Waals surface area contributed by atoms with Crippen molar-refractivity contribution in [2.24, 2.45) is 16.9 Å². The zero-order valence-electron chi connectivity index (χ0n) is 18.7. The molecule has 2 unspecified atom stereocenters. The number of unbranched alkanes of at least 4 members (excludes halogenated alkanes) is 1. The summed E-state index contributed by atoms with van der Waals surface area (Å²) in [6.45, 7) is 4.05. The van der Waals surface area contributed by atoms with Gasteiger partial charge in [-0.25, -0.2) is 4.79 Å². The summed E-state index contributed by atoms with van der Waals surface area (Å²) in [5.41, 5.74) is 4.76. The highest BCUT2D eigenvalue weighted by Crippen LogP contribution is 2.24. The fourth-order valence-electron chi connectivity index (χ4n) is 3.43. The maximum atomic E-state index is 12.8. The van der Waals surface area contributed by atoms with Crippen molar-refractivity contribution in [3.05, 3.63) is 65.7 Å². The zero-order chi connectivity index (χ0) is 23.8. The van der Waals surface area contributed by atoms with Crippen LogP contribution in [0.25, 0.3) is 0 Å². The smallest absolute Gasteiger partial charge is 0.338 e. The fraction of sp³-hybridized carbons (Fsp3) is 0.320. The van der Waals surface area contributed by atoms with E-state index < -0.39 is 29.6 Å². The molecule has 0 aliphatic carbocycles. The number of nitrogens with one attached hydrogen (secondary N) is 1. The molecule has 0 saturated carbocycles. The van der Waals surface area contributed by atoms with Crippen LogP contribution in [-0.2, 0) is 20.9 Å². The first-order valence-corrected chi connectivity index (χ1v) is 10.9. The number of ether oxygens (including phenoxy) is 1. The highest BCUT2D eigenvalue weighted by Gasteiger charge is 2.44. The Kier molecular flexibility index (Phi) is 7.92. The van der Waals surface area contributed by atoms with Crippen LogP contribution in [-0.4, -0.2) is 34.9 Å². The minimum atomic E-state index is -0.957. The number of rotatable bonds is 8. The summed E-state index contributed by atoms with van der Waals surface area (Å²) >= 11 is 0. The van der Waals surface area contributed by atoms with Gasteiger partial charge in [0.05, 0.1) is 17.3 Å². The second kappa shape index (κ2) is 11.0. The van der Waals surface area contributed by atoms with Gasteiger partial charge in [-0.05, 0) is 36.2 Å². The Balaban J connectivity index is 1.67. The maximum Gasteiger partial charge on any atom is 0.338 e. The van der Waals surface area contributed by atoms with E-state index in [4.69, 9.17) is 4.74 Å². The van der Waals surface area contributed by atoms with Gasteiger partial charge in [-0.15, -0.1) is 0 Å². The van der Waals surface area contributed by atoms with Crippen molar-refractivity contribution in [1.29, 1.82) is 5.26 Å². The number of nitriles is 1. The number of likely N-dealkylation sites (tertiary alicyclic amines) is 1. The molecule has 0 bridgehead atoms. The van der Waals surface area contributed by atoms with Gasteiger partial charge in [0, 0.05) is 12.5 Å². The number of anilines is 1. The van der Waals surface area contributed by atoms with Gasteiger partial charge >= 0.3 is 5.97 Å². The second-order valence-corrected chi connectivity index (χ2v) is 7.79. The molecular formula is C25H26N4O4. The molecule has 0 spiro atoms. The van der Waals surface area contributed by atoms with Gasteiger partial charge in [-0.2, -0.15) is 10.4 Å². The molecule has 1 aliphatic rings. The maximum absolute atomic E-state index is 12.8. The molecule has 1 heterocycles. The number of benzene rings is 2. The van der Waals surface area contributed by atoms with Gasteiger partial charge in [0.1, 0.15) is 18.2 Å². The predicted octanol–water partition coefficient (Wildman–Crippen LogP) is 3.76. The van der Waals surface area contributed by atoms with E-state index in [0.29, 0.717) is 17.7 Å². The summed E-state index contributed by atoms with van der Waals surface area (Å²) in [4.78, 5) is 38.7. The summed E-state index contributed by atoms with van der Waals surface area (Å²) in [5, 5.41) is 13.6. The minimum Gasteiger partial charge on any atom is -0.457 e. The Hall–Kier alpha value is -3.99. The Morgan fingerprint density at radius 2 is 1.85 bits per heavy atom. The number of nitrogens with zero attached hydrogens (tertiary/aromatic N) is 3. The first-order chi connectivity index (χ1) is 16.0. The molecule has 2 amide bonds. The standard InChI is InChI=1S/C25H26N4O4/c1-3-4-14-29-23(30)21(15-26)17(2)22(24(29)31)28-27-20-12-10-19(11-13-20)25(32)33-16-18-8-6-5-7-9-18/h5-13,17,21,27H,3-4,14,16H2,1-2H3/b28-22+. The van der Waals surface area contributed by atoms with Crippen LogP contribution in [0.2, 0.25) is 0 Å². The van der Waals surface area contributed by atoms with E-state index in [2.05, 4.69) is 10.5 Å². The molecule has 1 fully saturated rings. The van der Waals surface area contributed by atoms with E-state index in [9.17, 15) is 19.6 Å². The molecule has 3 rings (SSSR count). The lowest BCUT2D eigenvalue weighted by Gasteiger charge is -2.32. The van der Waals surface area contributed by atoms with Crippen molar-refractivity contribution in [3.63, 3.8) is 0 Å². The Morgan fingerprint density at radius 1 is 1.15 bits per heavy atom. The summed E-state index contributed by atoms with van der Waals surface area (Å²) in [6, 6.07) is 17.9. The highest BCUT2D eigenvalue weighted by atomic mass is 16.5. The zero-order valence-corrected chi connectivity index (χ0v) is 18.7. The third-order valence-electron chi connectivity index (χ3n) is 5.44. The van der Waals surface area contributed by atoms with Gasteiger partial charge in [0.25, 0.3) is 5.91 Å². The van der Waals surface area contributed by atoms with Crippen LogP contribution in [0.5, 0.6) is 0 Å². The molecule has 2 aromatic rings. The van der Waals surface area contributed by atoms with Gasteiger partial charge in [0.2, 0.25) is 5.91 Å². The van der Waals surface area contributed by atoms with Crippen molar-refractivity contribution in [2.75, 3.05) is 12.0 Å². The normalized spacial score (nSPS) is 19.3. The summed E-state index contributed by atoms with van der Waals surface area (Å²) in [5.74, 6) is -2.99. The molecule has 2 atom stereocenters. The Morgan fingerprint density at radius 3 is 2.48 bits per heavy atom. The van der Waals surface area contributed by atoms with Gasteiger partial charge in [0.15, 0.2) is 0 Å². The van der Waals surface area contributed by atoms with Crippen molar-refractivity contribution < 1.29 is 19.1 Å². The third-order valence-corrected chi connectivity index (χ3v) is 5.44. The van der Waals surface area contributed by atoms with E-state index in [0.717, 1.165) is 16.9 Å². The van der Waals surface area contributed by atoms with E-state index in [1.54, 1.807) is 31.2 Å². The van der Waals surface area contributed by atoms with Crippen molar-refractivity contribution in [1.82, 2.24) is 4.90 Å². The van der Waals surface area contributed by atoms with Gasteiger partial charge in [-0.1, -0.05) is 50.6 Å². The number of hydrogen-bond donors (Lipinski definition) is 1. The van der Waals surface area contributed by atoms with Crippen LogP contribution >= 0.6 is 0 Å². The second-order valence-electron chi connectivity index (χ2n) is 7.79. The molecule has 1 N–H and O–H groups in total. The lowest BCUT2D eigenvalue weighted by molar-refractivity contribution is -0.145. The van der Waals surface area contributed by atoms with E-state index in [-0.39, 0.29) is 18.9 Å². The minimum absolute atomic E-state index is 0.128. The summed E-state index contributed by atoms with van der Waals surface area (Å²) in [7, 11) is 0. The van der Waals surface area contributed by atoms with Crippen LogP contribution in [0.1, 0.15) is 42.6 Å². The first-order valence-electron chi connectivity index (χ1n) is 10.9. The van der Waals surface area contributed by atoms with E-state index in [1.807, 2.05) is 43.3 Å². The quantitative estimate of drug-likeness (QED) is 0.375. The number of hydrazone groups is 1. The molecule has 0 aromatic heterocycles. The topological polar surface area (TPSA) is 112 Å². The lowest BCUT2D eigenvalue weighted by atomic mass is 9.85. The van der Waals surface area contributed by atoms with Crippen LogP contribution < -0.4 is 5.43 Å². The van der Waals surface area contributed by atoms with E-state index in [1.165, 1.54) is 0 Å². The molecule has 1 saturated heterocycles. The SMILES string of the molecule is CCCCN1C(=O)/C(=N/Nc2ccc(C(=O)OCc3ccccc3)cc2)C(C)C(C#N)C1=O. The van der Waals surface area contributed by atoms with Crippen LogP contribution in [0.4, 0.5) is 5.69 Å². The number of imide groups is 1. The summed E-state index contributed by atoms with van der Waals surface area (Å²) in [6.07, 6.45) is 1.47. The van der Waals surface area contributed by atoms with Gasteiger partial charge in [-0.3, -0.25) is 19.9 Å². The average molecular weight is 447 g/mol. The van der Waals surface area contributed by atoms with Crippen molar-refractivity contribution >= 4 is 29.2 Å². The molecule has 2 aromatic carbocycles. The number of carbonyl (C=O) groups excluding carboxylic acids is 3. The molecular weight excluding hydrogens is 420 g/mol. The number of carbonyl (C=O) groups is 3. The molecule has 8 heteroatoms. The molecule has 0 radical (unpaired) electrons. The van der Waals surface area contributed by atoms with Crippen molar-refractivity contribution in [2.45, 2.75) is 33.3 Å². The molecule has 33 heavy (non-hydrogen) atoms. The Labute approximate surface area is 192 Å². The Bertz CT molecular complexity index is 1070. The average Bonchev–Trinajstić information content (AvgIpc) is 2.83. The molecule has 1 aliphatic heterocycles. The monoisotopic (exact) mass is 446 g/mol. The number of hydrogen-bond acceptors (Lipinski definition) is 7. The van der Waals surface area contributed by atoms with Crippen LogP contribution in [0.3, 0.4) is 0 Å². The third kappa shape index (κ3) is 5.63. The van der Waals surface area contributed by atoms with Crippen LogP contribution in [0.15, 0.2) is 59.7 Å². The number of amides is 2. The number of piperidine rings is 1. The molecule has 8 nitrogen and oxygen atoms in total. The number of esters is 1.